The Morgan fingerprint density at radius 1 is 1.05 bits per heavy atom. The molecule has 1 fully saturated rings. The Bertz CT molecular complexity index is 572. The molecule has 1 aliphatic heterocycles. The van der Waals surface area contributed by atoms with Gasteiger partial charge in [0.25, 0.3) is 0 Å². The second-order valence-corrected chi connectivity index (χ2v) is 5.17. The lowest BCUT2D eigenvalue weighted by Crippen LogP contribution is -2.43. The average Bonchev–Trinajstić information content (AvgIpc) is 2.49. The Morgan fingerprint density at radius 2 is 1.75 bits per heavy atom. The molecule has 1 N–H and O–H groups in total. The van der Waals surface area contributed by atoms with Crippen LogP contribution in [0.15, 0.2) is 54.6 Å². The number of hydrogen-bond donors (Lipinski definition) is 1. The summed E-state index contributed by atoms with van der Waals surface area (Å²) in [5.74, 6) is -0.208. The molecule has 2 aromatic rings. The molecule has 2 aromatic carbocycles. The van der Waals surface area contributed by atoms with Crippen molar-refractivity contribution in [3.63, 3.8) is 0 Å². The van der Waals surface area contributed by atoms with Crippen LogP contribution in [0, 0.1) is 5.82 Å². The molecule has 3 rings (SSSR count). The van der Waals surface area contributed by atoms with Gasteiger partial charge in [0.15, 0.2) is 0 Å². The predicted octanol–water partition coefficient (Wildman–Crippen LogP) is 3.62. The molecule has 3 atom stereocenters. The summed E-state index contributed by atoms with van der Waals surface area (Å²) in [6, 6.07) is 17.0. The Hall–Kier alpha value is -1.71. The zero-order valence-electron chi connectivity index (χ0n) is 11.4. The van der Waals surface area contributed by atoms with Crippen LogP contribution in [0.2, 0.25) is 0 Å². The zero-order chi connectivity index (χ0) is 13.9. The summed E-state index contributed by atoms with van der Waals surface area (Å²) in [5.41, 5.74) is 1.74. The molecule has 1 heterocycles. The summed E-state index contributed by atoms with van der Waals surface area (Å²) < 4.78 is 20.1. The lowest BCUT2D eigenvalue weighted by Gasteiger charge is -2.36. The third-order valence-corrected chi connectivity index (χ3v) is 3.77. The van der Waals surface area contributed by atoms with Crippen LogP contribution < -0.4 is 5.32 Å². The largest absolute Gasteiger partial charge is 0.363 e. The number of morpholine rings is 1. The van der Waals surface area contributed by atoms with Gasteiger partial charge in [-0.3, -0.25) is 0 Å². The van der Waals surface area contributed by atoms with Crippen molar-refractivity contribution in [3.8, 4) is 0 Å². The summed E-state index contributed by atoms with van der Waals surface area (Å²) in [5, 5.41) is 3.41. The van der Waals surface area contributed by atoms with Gasteiger partial charge in [0.2, 0.25) is 0 Å². The van der Waals surface area contributed by atoms with E-state index in [1.165, 1.54) is 6.07 Å². The summed E-state index contributed by atoms with van der Waals surface area (Å²) >= 11 is 0. The Morgan fingerprint density at radius 3 is 2.50 bits per heavy atom. The highest BCUT2D eigenvalue weighted by molar-refractivity contribution is 5.24. The lowest BCUT2D eigenvalue weighted by atomic mass is 9.98. The normalized spacial score (nSPS) is 26.4. The summed E-state index contributed by atoms with van der Waals surface area (Å²) in [4.78, 5) is 0. The molecule has 1 aliphatic rings. The molecule has 0 aromatic heterocycles. The fourth-order valence-electron chi connectivity index (χ4n) is 2.66. The van der Waals surface area contributed by atoms with Crippen LogP contribution in [0.25, 0.3) is 0 Å². The van der Waals surface area contributed by atoms with Crippen molar-refractivity contribution in [2.24, 2.45) is 0 Å². The quantitative estimate of drug-likeness (QED) is 0.900. The van der Waals surface area contributed by atoms with E-state index in [0.29, 0.717) is 5.56 Å². The van der Waals surface area contributed by atoms with E-state index in [9.17, 15) is 4.39 Å². The van der Waals surface area contributed by atoms with Gasteiger partial charge in [0.05, 0.1) is 6.10 Å². The second-order valence-electron chi connectivity index (χ2n) is 5.17. The first-order valence-corrected chi connectivity index (χ1v) is 6.94. The minimum absolute atomic E-state index is 0.0444. The van der Waals surface area contributed by atoms with Crippen LogP contribution in [0.1, 0.15) is 30.3 Å². The molecule has 0 saturated carbocycles. The molecule has 0 aliphatic carbocycles. The van der Waals surface area contributed by atoms with Gasteiger partial charge in [-0.15, -0.1) is 0 Å². The number of nitrogens with one attached hydrogen (secondary N) is 1. The molecule has 0 spiro atoms. The number of halogens is 1. The minimum atomic E-state index is -0.268. The highest BCUT2D eigenvalue weighted by Gasteiger charge is 2.31. The van der Waals surface area contributed by atoms with E-state index >= 15 is 0 Å². The summed E-state index contributed by atoms with van der Waals surface area (Å²) in [7, 11) is 0. The first-order chi connectivity index (χ1) is 9.75. The van der Waals surface area contributed by atoms with Gasteiger partial charge in [-0.25, -0.2) is 4.39 Å². The van der Waals surface area contributed by atoms with E-state index in [0.717, 1.165) is 12.1 Å². The topological polar surface area (TPSA) is 21.3 Å². The standard InChI is InChI=1S/C17H18FNO/c1-12-17(14-9-5-6-10-15(14)18)20-16(11-19-12)13-7-3-2-4-8-13/h2-10,12,16-17,19H,11H2,1H3. The van der Waals surface area contributed by atoms with Gasteiger partial charge < -0.3 is 10.1 Å². The van der Waals surface area contributed by atoms with Crippen molar-refractivity contribution in [2.75, 3.05) is 6.54 Å². The summed E-state index contributed by atoms with van der Waals surface area (Å²) in [6.07, 6.45) is -0.313. The first kappa shape index (κ1) is 13.3. The summed E-state index contributed by atoms with van der Waals surface area (Å²) in [6.45, 7) is 2.77. The second kappa shape index (κ2) is 5.73. The van der Waals surface area contributed by atoms with E-state index in [4.69, 9.17) is 4.74 Å². The molecule has 0 bridgehead atoms. The van der Waals surface area contributed by atoms with Crippen LogP contribution >= 0.6 is 0 Å². The van der Waals surface area contributed by atoms with E-state index < -0.39 is 0 Å². The lowest BCUT2D eigenvalue weighted by molar-refractivity contribution is -0.0647. The van der Waals surface area contributed by atoms with Gasteiger partial charge in [-0.05, 0) is 18.6 Å². The fraction of sp³-hybridized carbons (Fsp3) is 0.294. The number of hydrogen-bond acceptors (Lipinski definition) is 2. The number of rotatable bonds is 2. The molecule has 3 heteroatoms. The average molecular weight is 271 g/mol. The van der Waals surface area contributed by atoms with Crippen LogP contribution in [-0.4, -0.2) is 12.6 Å². The van der Waals surface area contributed by atoms with Gasteiger partial charge >= 0.3 is 0 Å². The third kappa shape index (κ3) is 2.60. The van der Waals surface area contributed by atoms with Crippen molar-refractivity contribution in [3.05, 3.63) is 71.5 Å². The van der Waals surface area contributed by atoms with E-state index in [1.807, 2.05) is 43.3 Å². The van der Waals surface area contributed by atoms with Gasteiger partial charge in [0.1, 0.15) is 11.9 Å². The van der Waals surface area contributed by atoms with E-state index in [1.54, 1.807) is 12.1 Å². The van der Waals surface area contributed by atoms with E-state index in [-0.39, 0.29) is 24.1 Å². The van der Waals surface area contributed by atoms with E-state index in [2.05, 4.69) is 5.32 Å². The maximum atomic E-state index is 14.0. The monoisotopic (exact) mass is 271 g/mol. The first-order valence-electron chi connectivity index (χ1n) is 6.94. The van der Waals surface area contributed by atoms with Crippen LogP contribution in [-0.2, 0) is 4.74 Å². The fourth-order valence-corrected chi connectivity index (χ4v) is 2.66. The number of ether oxygens (including phenoxy) is 1. The van der Waals surface area contributed by atoms with Crippen LogP contribution in [0.5, 0.6) is 0 Å². The Balaban J connectivity index is 1.86. The molecule has 1 saturated heterocycles. The highest BCUT2D eigenvalue weighted by atomic mass is 19.1. The van der Waals surface area contributed by atoms with Crippen LogP contribution in [0.4, 0.5) is 4.39 Å². The predicted molar refractivity (Wildman–Crippen MR) is 76.9 cm³/mol. The van der Waals surface area contributed by atoms with Crippen LogP contribution in [0.3, 0.4) is 0 Å². The van der Waals surface area contributed by atoms with Crippen molar-refractivity contribution in [1.82, 2.24) is 5.32 Å². The molecule has 0 amide bonds. The molecule has 20 heavy (non-hydrogen) atoms. The molecule has 104 valence electrons. The van der Waals surface area contributed by atoms with Gasteiger partial charge in [0, 0.05) is 18.2 Å². The maximum absolute atomic E-state index is 14.0. The molecule has 2 nitrogen and oxygen atoms in total. The molecular formula is C17H18FNO. The molecular weight excluding hydrogens is 253 g/mol. The number of benzene rings is 2. The maximum Gasteiger partial charge on any atom is 0.129 e. The SMILES string of the molecule is CC1NCC(c2ccccc2)OC1c1ccccc1F. The van der Waals surface area contributed by atoms with Crippen molar-refractivity contribution in [1.29, 1.82) is 0 Å². The smallest absolute Gasteiger partial charge is 0.129 e. The van der Waals surface area contributed by atoms with Crippen molar-refractivity contribution < 1.29 is 9.13 Å². The van der Waals surface area contributed by atoms with Crippen molar-refractivity contribution in [2.45, 2.75) is 25.2 Å². The van der Waals surface area contributed by atoms with Gasteiger partial charge in [-0.2, -0.15) is 0 Å². The highest BCUT2D eigenvalue weighted by Crippen LogP contribution is 2.33. The van der Waals surface area contributed by atoms with Gasteiger partial charge in [-0.1, -0.05) is 48.5 Å². The molecule has 3 unspecified atom stereocenters. The zero-order valence-corrected chi connectivity index (χ0v) is 11.4. The minimum Gasteiger partial charge on any atom is -0.363 e. The Kier molecular flexibility index (Phi) is 3.81. The Labute approximate surface area is 118 Å². The third-order valence-electron chi connectivity index (χ3n) is 3.77. The molecule has 0 radical (unpaired) electrons. The van der Waals surface area contributed by atoms with Crippen molar-refractivity contribution >= 4 is 0 Å².